The molecule has 0 amide bonds. The molecule has 0 radical (unpaired) electrons. The van der Waals surface area contributed by atoms with Gasteiger partial charge in [-0.3, -0.25) is 0 Å². The van der Waals surface area contributed by atoms with E-state index in [2.05, 4.69) is 17.8 Å². The SMILES string of the molecule is C#Cc1cc(Cl)ccc1O[C@H](C)C#Cc1ccc(C)cc1. The monoisotopic (exact) mass is 294 g/mol. The van der Waals surface area contributed by atoms with Crippen LogP contribution in [-0.4, -0.2) is 6.10 Å². The van der Waals surface area contributed by atoms with Gasteiger partial charge in [0, 0.05) is 10.6 Å². The normalized spacial score (nSPS) is 11.0. The van der Waals surface area contributed by atoms with Gasteiger partial charge in [0.15, 0.2) is 6.10 Å². The molecule has 1 atom stereocenters. The Bertz CT molecular complexity index is 727. The van der Waals surface area contributed by atoms with Crippen LogP contribution in [-0.2, 0) is 0 Å². The smallest absolute Gasteiger partial charge is 0.156 e. The molecule has 2 rings (SSSR count). The fraction of sp³-hybridized carbons (Fsp3) is 0.158. The van der Waals surface area contributed by atoms with E-state index >= 15 is 0 Å². The van der Waals surface area contributed by atoms with Crippen LogP contribution in [0.5, 0.6) is 5.75 Å². The highest BCUT2D eigenvalue weighted by atomic mass is 35.5. The van der Waals surface area contributed by atoms with Gasteiger partial charge in [-0.05, 0) is 44.2 Å². The molecule has 2 heteroatoms. The third-order valence-electron chi connectivity index (χ3n) is 2.87. The third kappa shape index (κ3) is 4.32. The summed E-state index contributed by atoms with van der Waals surface area (Å²) in [6.07, 6.45) is 5.19. The summed E-state index contributed by atoms with van der Waals surface area (Å²) in [7, 11) is 0. The van der Waals surface area contributed by atoms with Crippen molar-refractivity contribution in [1.29, 1.82) is 0 Å². The number of terminal acetylenes is 1. The molecule has 0 spiro atoms. The minimum atomic E-state index is -0.264. The van der Waals surface area contributed by atoms with Crippen LogP contribution < -0.4 is 4.74 Å². The molecule has 0 saturated heterocycles. The molecule has 104 valence electrons. The highest BCUT2D eigenvalue weighted by molar-refractivity contribution is 6.30. The summed E-state index contributed by atoms with van der Waals surface area (Å²) in [6, 6.07) is 13.3. The molecule has 0 N–H and O–H groups in total. The van der Waals surface area contributed by atoms with Crippen LogP contribution in [0.25, 0.3) is 0 Å². The first-order valence-electron chi connectivity index (χ1n) is 6.59. The lowest BCUT2D eigenvalue weighted by atomic mass is 10.1. The van der Waals surface area contributed by atoms with Crippen molar-refractivity contribution < 1.29 is 4.74 Å². The van der Waals surface area contributed by atoms with Gasteiger partial charge in [0.05, 0.1) is 5.56 Å². The summed E-state index contributed by atoms with van der Waals surface area (Å²) >= 11 is 5.91. The van der Waals surface area contributed by atoms with Gasteiger partial charge >= 0.3 is 0 Å². The van der Waals surface area contributed by atoms with Gasteiger partial charge in [0.1, 0.15) is 5.75 Å². The Morgan fingerprint density at radius 3 is 2.52 bits per heavy atom. The maximum Gasteiger partial charge on any atom is 0.156 e. The van der Waals surface area contributed by atoms with Crippen molar-refractivity contribution in [2.24, 2.45) is 0 Å². The third-order valence-corrected chi connectivity index (χ3v) is 3.11. The molecule has 0 heterocycles. The van der Waals surface area contributed by atoms with Crippen LogP contribution in [0.3, 0.4) is 0 Å². The molecule has 0 unspecified atom stereocenters. The Labute approximate surface area is 130 Å². The van der Waals surface area contributed by atoms with E-state index in [1.165, 1.54) is 5.56 Å². The lowest BCUT2D eigenvalue weighted by molar-refractivity contribution is 0.278. The van der Waals surface area contributed by atoms with Gasteiger partial charge in [-0.2, -0.15) is 0 Å². The number of hydrogen-bond donors (Lipinski definition) is 0. The molecule has 0 aliphatic rings. The lowest BCUT2D eigenvalue weighted by Gasteiger charge is -2.11. The van der Waals surface area contributed by atoms with E-state index in [4.69, 9.17) is 22.8 Å². The van der Waals surface area contributed by atoms with Crippen LogP contribution in [0.4, 0.5) is 0 Å². The Kier molecular flexibility index (Phi) is 4.94. The average molecular weight is 295 g/mol. The summed E-state index contributed by atoms with van der Waals surface area (Å²) < 4.78 is 5.76. The second-order valence-corrected chi connectivity index (χ2v) is 5.12. The molecule has 0 aliphatic heterocycles. The van der Waals surface area contributed by atoms with Gasteiger partial charge in [-0.25, -0.2) is 0 Å². The fourth-order valence-corrected chi connectivity index (χ4v) is 1.93. The average Bonchev–Trinajstić information content (AvgIpc) is 2.48. The van der Waals surface area contributed by atoms with Crippen LogP contribution in [0.1, 0.15) is 23.6 Å². The molecule has 1 nitrogen and oxygen atoms in total. The van der Waals surface area contributed by atoms with Crippen molar-refractivity contribution in [3.05, 3.63) is 64.2 Å². The van der Waals surface area contributed by atoms with E-state index < -0.39 is 0 Å². The minimum absolute atomic E-state index is 0.264. The Hall–Kier alpha value is -2.35. The van der Waals surface area contributed by atoms with Crippen molar-refractivity contribution in [2.45, 2.75) is 20.0 Å². The van der Waals surface area contributed by atoms with Gasteiger partial charge in [0.2, 0.25) is 0 Å². The second-order valence-electron chi connectivity index (χ2n) is 4.68. The fourth-order valence-electron chi connectivity index (χ4n) is 1.76. The van der Waals surface area contributed by atoms with Crippen LogP contribution in [0.2, 0.25) is 5.02 Å². The summed E-state index contributed by atoms with van der Waals surface area (Å²) in [5.74, 6) is 9.33. The zero-order chi connectivity index (χ0) is 15.2. The van der Waals surface area contributed by atoms with E-state index in [1.54, 1.807) is 18.2 Å². The van der Waals surface area contributed by atoms with Crippen molar-refractivity contribution >= 4 is 11.6 Å². The second kappa shape index (κ2) is 6.89. The van der Waals surface area contributed by atoms with Crippen molar-refractivity contribution in [2.75, 3.05) is 0 Å². The minimum Gasteiger partial charge on any atom is -0.477 e. The maximum absolute atomic E-state index is 5.91. The van der Waals surface area contributed by atoms with E-state index in [-0.39, 0.29) is 6.10 Å². The first-order valence-corrected chi connectivity index (χ1v) is 6.97. The van der Waals surface area contributed by atoms with E-state index in [9.17, 15) is 0 Å². The summed E-state index contributed by atoms with van der Waals surface area (Å²) in [5, 5.41) is 0.591. The van der Waals surface area contributed by atoms with Crippen molar-refractivity contribution in [1.82, 2.24) is 0 Å². The molecular formula is C19H15ClO. The molecular weight excluding hydrogens is 280 g/mol. The quantitative estimate of drug-likeness (QED) is 0.744. The van der Waals surface area contributed by atoms with E-state index in [1.807, 2.05) is 38.1 Å². The number of ether oxygens (including phenoxy) is 1. The first-order chi connectivity index (χ1) is 10.1. The number of halogens is 1. The molecule has 0 aliphatic carbocycles. The van der Waals surface area contributed by atoms with Crippen molar-refractivity contribution in [3.63, 3.8) is 0 Å². The lowest BCUT2D eigenvalue weighted by Crippen LogP contribution is -2.09. The van der Waals surface area contributed by atoms with Gasteiger partial charge < -0.3 is 4.74 Å². The zero-order valence-electron chi connectivity index (χ0n) is 12.0. The number of hydrogen-bond acceptors (Lipinski definition) is 1. The van der Waals surface area contributed by atoms with Gasteiger partial charge in [-0.15, -0.1) is 6.42 Å². The molecule has 21 heavy (non-hydrogen) atoms. The van der Waals surface area contributed by atoms with Gasteiger partial charge in [-0.1, -0.05) is 47.1 Å². The predicted octanol–water partition coefficient (Wildman–Crippen LogP) is 4.45. The van der Waals surface area contributed by atoms with E-state index in [0.29, 0.717) is 16.3 Å². The Morgan fingerprint density at radius 1 is 1.14 bits per heavy atom. The van der Waals surface area contributed by atoms with Crippen LogP contribution in [0.15, 0.2) is 42.5 Å². The van der Waals surface area contributed by atoms with Crippen LogP contribution >= 0.6 is 11.6 Å². The molecule has 0 saturated carbocycles. The number of rotatable bonds is 2. The van der Waals surface area contributed by atoms with Gasteiger partial charge in [0.25, 0.3) is 0 Å². The molecule has 2 aromatic rings. The van der Waals surface area contributed by atoms with Crippen molar-refractivity contribution in [3.8, 4) is 29.9 Å². The number of benzene rings is 2. The first kappa shape index (κ1) is 15.0. The molecule has 0 aromatic heterocycles. The summed E-state index contributed by atoms with van der Waals surface area (Å²) in [4.78, 5) is 0. The largest absolute Gasteiger partial charge is 0.477 e. The Morgan fingerprint density at radius 2 is 1.86 bits per heavy atom. The highest BCUT2D eigenvalue weighted by Crippen LogP contribution is 2.22. The number of aryl methyl sites for hydroxylation is 1. The highest BCUT2D eigenvalue weighted by Gasteiger charge is 2.05. The molecule has 0 bridgehead atoms. The predicted molar refractivity (Wildman–Crippen MR) is 87.5 cm³/mol. The van der Waals surface area contributed by atoms with Crippen LogP contribution in [0, 0.1) is 31.1 Å². The van der Waals surface area contributed by atoms with E-state index in [0.717, 1.165) is 5.56 Å². The zero-order valence-corrected chi connectivity index (χ0v) is 12.7. The molecule has 2 aromatic carbocycles. The summed E-state index contributed by atoms with van der Waals surface area (Å²) in [6.45, 7) is 3.93. The Balaban J connectivity index is 2.11. The maximum atomic E-state index is 5.91. The topological polar surface area (TPSA) is 9.23 Å². The standard InChI is InChI=1S/C19H15ClO/c1-4-17-13-18(20)11-12-19(17)21-15(3)7-10-16-8-5-14(2)6-9-16/h1,5-6,8-9,11-13,15H,2-3H3/t15-/m1/s1. The summed E-state index contributed by atoms with van der Waals surface area (Å²) in [5.41, 5.74) is 2.81. The molecule has 0 fully saturated rings.